The maximum atomic E-state index is 12.6. The molecule has 0 amide bonds. The zero-order chi connectivity index (χ0) is 20.0. The normalized spacial score (nSPS) is 28.1. The first-order valence-electron chi connectivity index (χ1n) is 8.33. The molecule has 2 nitrogen and oxygen atoms in total. The van der Waals surface area contributed by atoms with Crippen molar-refractivity contribution in [2.45, 2.75) is 63.9 Å². The molecule has 2 rings (SSSR count). The summed E-state index contributed by atoms with van der Waals surface area (Å²) in [5.41, 5.74) is -4.61. The summed E-state index contributed by atoms with van der Waals surface area (Å²) in [6, 6.07) is 0. The molecule has 2 unspecified atom stereocenters. The van der Waals surface area contributed by atoms with Crippen LogP contribution in [0, 0.1) is 29.1 Å². The van der Waals surface area contributed by atoms with Crippen LogP contribution in [0.15, 0.2) is 11.6 Å². The number of hydrogen-bond donors (Lipinski definition) is 1. The average molecular weight is 382 g/mol. The minimum absolute atomic E-state index is 0.145. The molecule has 0 aromatic carbocycles. The third-order valence-corrected chi connectivity index (χ3v) is 5.54. The van der Waals surface area contributed by atoms with Gasteiger partial charge in [0.05, 0.1) is 0 Å². The zero-order valence-corrected chi connectivity index (χ0v) is 14.4. The van der Waals surface area contributed by atoms with Crippen molar-refractivity contribution in [2.75, 3.05) is 0 Å². The summed E-state index contributed by atoms with van der Waals surface area (Å²) in [5.74, 6) is 2.42. The highest BCUT2D eigenvalue weighted by molar-refractivity contribution is 5.84. The minimum Gasteiger partial charge on any atom is -0.363 e. The number of ketones is 1. The van der Waals surface area contributed by atoms with Crippen LogP contribution in [0.1, 0.15) is 46.0 Å². The Morgan fingerprint density at radius 3 is 2.38 bits per heavy atom. The van der Waals surface area contributed by atoms with Crippen LogP contribution in [0.5, 0.6) is 0 Å². The first-order valence-corrected chi connectivity index (χ1v) is 8.33. The van der Waals surface area contributed by atoms with Gasteiger partial charge in [0.1, 0.15) is 5.78 Å². The fourth-order valence-corrected chi connectivity index (χ4v) is 4.06. The Balaban J connectivity index is 2.18. The number of Topliss-reactive ketones (excluding diaryl/α,β-unsaturated/α-hetero) is 1. The van der Waals surface area contributed by atoms with Crippen LogP contribution in [0.4, 0.5) is 26.3 Å². The maximum absolute atomic E-state index is 12.6. The Morgan fingerprint density at radius 2 is 1.85 bits per heavy atom. The van der Waals surface area contributed by atoms with Crippen LogP contribution >= 0.6 is 0 Å². The van der Waals surface area contributed by atoms with Crippen LogP contribution in [0.3, 0.4) is 0 Å². The largest absolute Gasteiger partial charge is 0.438 e. The molecule has 0 radical (unpaired) electrons. The van der Waals surface area contributed by atoms with Crippen molar-refractivity contribution in [3.05, 3.63) is 11.6 Å². The predicted octanol–water partition coefficient (Wildman–Crippen LogP) is 4.58. The summed E-state index contributed by atoms with van der Waals surface area (Å²) in [6.07, 6.45) is -7.79. The molecule has 2 aliphatic carbocycles. The molecule has 146 valence electrons. The van der Waals surface area contributed by atoms with Crippen molar-refractivity contribution >= 4 is 5.78 Å². The van der Waals surface area contributed by atoms with Crippen molar-refractivity contribution in [1.29, 1.82) is 0 Å². The number of aliphatic hydroxyl groups is 1. The highest BCUT2D eigenvalue weighted by Gasteiger charge is 2.70. The van der Waals surface area contributed by atoms with Crippen LogP contribution < -0.4 is 0 Å². The number of rotatable bonds is 2. The molecule has 2 aliphatic rings. The van der Waals surface area contributed by atoms with Gasteiger partial charge < -0.3 is 5.11 Å². The third kappa shape index (κ3) is 3.38. The zero-order valence-electron chi connectivity index (χ0n) is 14.4. The summed E-state index contributed by atoms with van der Waals surface area (Å²) in [6.45, 7) is 3.58. The monoisotopic (exact) mass is 382 g/mol. The quantitative estimate of drug-likeness (QED) is 0.431. The lowest BCUT2D eigenvalue weighted by atomic mass is 9.63. The molecule has 1 fully saturated rings. The van der Waals surface area contributed by atoms with E-state index in [4.69, 9.17) is 5.11 Å². The van der Waals surface area contributed by atoms with E-state index in [1.54, 1.807) is 6.92 Å². The van der Waals surface area contributed by atoms with E-state index < -0.39 is 29.3 Å². The molecular formula is C18H20F6O2. The molecule has 0 aromatic heterocycles. The van der Waals surface area contributed by atoms with Gasteiger partial charge in [-0.05, 0) is 36.5 Å². The Morgan fingerprint density at radius 1 is 1.27 bits per heavy atom. The number of halogens is 6. The molecule has 0 saturated heterocycles. The van der Waals surface area contributed by atoms with Gasteiger partial charge in [0, 0.05) is 18.8 Å². The predicted molar refractivity (Wildman–Crippen MR) is 81.8 cm³/mol. The molecule has 26 heavy (non-hydrogen) atoms. The third-order valence-electron chi connectivity index (χ3n) is 5.54. The van der Waals surface area contributed by atoms with Gasteiger partial charge in [-0.3, -0.25) is 4.79 Å². The van der Waals surface area contributed by atoms with E-state index in [9.17, 15) is 31.1 Å². The van der Waals surface area contributed by atoms with Gasteiger partial charge in [0.25, 0.3) is 0 Å². The highest BCUT2D eigenvalue weighted by atomic mass is 19.4. The maximum Gasteiger partial charge on any atom is 0.438 e. The van der Waals surface area contributed by atoms with Crippen molar-refractivity contribution < 1.29 is 36.2 Å². The van der Waals surface area contributed by atoms with E-state index in [-0.39, 0.29) is 18.1 Å². The standard InChI is InChI=1S/C18H20F6O2/c1-11(5-3-10-16(26,17(19,20)21)18(22,23)24)12-7-8-13-14(25)6-4-9-15(12,13)2/h7,11,13,26H,4-6,8-9H2,1-2H3/t11?,13-,15?/m0/s1. The molecule has 1 saturated carbocycles. The lowest BCUT2D eigenvalue weighted by Gasteiger charge is -2.39. The van der Waals surface area contributed by atoms with E-state index in [1.807, 2.05) is 18.9 Å². The topological polar surface area (TPSA) is 37.3 Å². The lowest BCUT2D eigenvalue weighted by molar-refractivity contribution is -0.343. The summed E-state index contributed by atoms with van der Waals surface area (Å²) in [5, 5.41) is 9.05. The number of alkyl halides is 6. The summed E-state index contributed by atoms with van der Waals surface area (Å²) < 4.78 is 75.8. The van der Waals surface area contributed by atoms with Crippen LogP contribution in [0.25, 0.3) is 0 Å². The fourth-order valence-electron chi connectivity index (χ4n) is 4.06. The van der Waals surface area contributed by atoms with E-state index in [0.29, 0.717) is 19.3 Å². The lowest BCUT2D eigenvalue weighted by Crippen LogP contribution is -2.55. The second-order valence-corrected chi connectivity index (χ2v) is 7.30. The van der Waals surface area contributed by atoms with Crippen LogP contribution in [0.2, 0.25) is 0 Å². The smallest absolute Gasteiger partial charge is 0.363 e. The van der Waals surface area contributed by atoms with E-state index in [2.05, 4.69) is 0 Å². The first kappa shape index (κ1) is 20.8. The summed E-state index contributed by atoms with van der Waals surface area (Å²) >= 11 is 0. The van der Waals surface area contributed by atoms with Crippen molar-refractivity contribution in [1.82, 2.24) is 0 Å². The minimum atomic E-state index is -5.94. The molecule has 0 heterocycles. The van der Waals surface area contributed by atoms with Crippen molar-refractivity contribution in [2.24, 2.45) is 17.3 Å². The number of carbonyl (C=O) groups excluding carboxylic acids is 1. The molecule has 1 N–H and O–H groups in total. The van der Waals surface area contributed by atoms with Gasteiger partial charge in [-0.25, -0.2) is 0 Å². The van der Waals surface area contributed by atoms with Crippen LogP contribution in [-0.4, -0.2) is 28.8 Å². The summed E-state index contributed by atoms with van der Waals surface area (Å²) in [4.78, 5) is 12.1. The molecule has 0 bridgehead atoms. The molecule has 0 aliphatic heterocycles. The number of hydrogen-bond acceptors (Lipinski definition) is 2. The van der Waals surface area contributed by atoms with Gasteiger partial charge in [0.2, 0.25) is 0 Å². The van der Waals surface area contributed by atoms with Gasteiger partial charge in [-0.1, -0.05) is 31.4 Å². The molecule has 0 spiro atoms. The van der Waals surface area contributed by atoms with E-state index in [1.165, 1.54) is 0 Å². The Labute approximate surface area is 147 Å². The van der Waals surface area contributed by atoms with E-state index in [0.717, 1.165) is 17.9 Å². The van der Waals surface area contributed by atoms with Crippen molar-refractivity contribution in [3.63, 3.8) is 0 Å². The number of carbonyl (C=O) groups is 1. The molecule has 0 aromatic rings. The fraction of sp³-hybridized carbons (Fsp3) is 0.722. The number of fused-ring (bicyclic) bond motifs is 1. The highest BCUT2D eigenvalue weighted by Crippen LogP contribution is 2.53. The van der Waals surface area contributed by atoms with Gasteiger partial charge in [-0.2, -0.15) is 26.3 Å². The molecule has 8 heteroatoms. The molecule has 3 atom stereocenters. The first-order chi connectivity index (χ1) is 11.7. The van der Waals surface area contributed by atoms with Gasteiger partial charge in [0.15, 0.2) is 0 Å². The SMILES string of the molecule is CC(CC#CC(O)(C(F)(F)F)C(F)(F)F)C1=CC[C@H]2C(=O)CCCC12C. The Hall–Kier alpha value is -1.49. The number of allylic oxidation sites excluding steroid dienone is 2. The second kappa shape index (κ2) is 6.59. The van der Waals surface area contributed by atoms with Crippen molar-refractivity contribution in [3.8, 4) is 11.8 Å². The average Bonchev–Trinajstić information content (AvgIpc) is 2.83. The second-order valence-electron chi connectivity index (χ2n) is 7.30. The van der Waals surface area contributed by atoms with Crippen LogP contribution in [-0.2, 0) is 4.79 Å². The van der Waals surface area contributed by atoms with Gasteiger partial charge >= 0.3 is 18.0 Å². The summed E-state index contributed by atoms with van der Waals surface area (Å²) in [7, 11) is 0. The van der Waals surface area contributed by atoms with Gasteiger partial charge in [-0.15, -0.1) is 0 Å². The molecular weight excluding hydrogens is 362 g/mol. The Bertz CT molecular complexity index is 650. The van der Waals surface area contributed by atoms with E-state index >= 15 is 0 Å². The Kier molecular flexibility index (Phi) is 5.28.